The van der Waals surface area contributed by atoms with Gasteiger partial charge in [0, 0.05) is 5.41 Å². The molecule has 0 aliphatic heterocycles. The van der Waals surface area contributed by atoms with Crippen molar-refractivity contribution in [3.05, 3.63) is 24.2 Å². The summed E-state index contributed by atoms with van der Waals surface area (Å²) in [5.41, 5.74) is 1.02. The maximum absolute atomic E-state index is 12.1. The molecule has 144 valence electrons. The van der Waals surface area contributed by atoms with Crippen LogP contribution < -0.4 is 0 Å². The van der Waals surface area contributed by atoms with E-state index >= 15 is 0 Å². The van der Waals surface area contributed by atoms with Crippen LogP contribution in [0.3, 0.4) is 0 Å². The first-order chi connectivity index (χ1) is 12.4. The second-order valence-electron chi connectivity index (χ2n) is 10.4. The van der Waals surface area contributed by atoms with Crippen molar-refractivity contribution in [2.45, 2.75) is 89.3 Å². The van der Waals surface area contributed by atoms with Crippen molar-refractivity contribution in [1.29, 1.82) is 0 Å². The van der Waals surface area contributed by atoms with Crippen molar-refractivity contribution >= 4 is 0 Å². The van der Waals surface area contributed by atoms with E-state index in [2.05, 4.69) is 19.9 Å². The third-order valence-corrected chi connectivity index (χ3v) is 9.77. The van der Waals surface area contributed by atoms with Crippen LogP contribution in [0.5, 0.6) is 0 Å². The molecule has 0 amide bonds. The van der Waals surface area contributed by atoms with Gasteiger partial charge in [-0.25, -0.2) is 0 Å². The average Bonchev–Trinajstić information content (AvgIpc) is 3.21. The fraction of sp³-hybridized carbons (Fsp3) is 0.826. The molecule has 1 heterocycles. The molecule has 2 N–H and O–H groups in total. The standard InChI is InChI=1S/C23H34O3/c1-21-9-5-17(24)13-16(21)3-4-20-19(21)6-10-22(2)18(7-11-23(20,22)25)15-8-12-26-14-15/h8,12,14,16-20,24-25H,3-7,9-11,13H2,1-2H3. The summed E-state index contributed by atoms with van der Waals surface area (Å²) in [7, 11) is 0. The maximum Gasteiger partial charge on any atom is 0.0937 e. The molecule has 1 aromatic heterocycles. The molecule has 26 heavy (non-hydrogen) atoms. The third kappa shape index (κ3) is 2.08. The number of hydrogen-bond donors (Lipinski definition) is 2. The SMILES string of the molecule is CC12CCC(O)CC1CCC1C2CCC2(C)C(c3ccoc3)CCC12O. The lowest BCUT2D eigenvalue weighted by atomic mass is 9.43. The number of hydrogen-bond acceptors (Lipinski definition) is 3. The Balaban J connectivity index is 1.49. The van der Waals surface area contributed by atoms with Gasteiger partial charge in [0.15, 0.2) is 0 Å². The average molecular weight is 359 g/mol. The van der Waals surface area contributed by atoms with Gasteiger partial charge in [-0.3, -0.25) is 0 Å². The van der Waals surface area contributed by atoms with E-state index in [4.69, 9.17) is 4.42 Å². The largest absolute Gasteiger partial charge is 0.472 e. The Morgan fingerprint density at radius 3 is 2.62 bits per heavy atom. The fourth-order valence-electron chi connectivity index (χ4n) is 8.21. The smallest absolute Gasteiger partial charge is 0.0937 e. The highest BCUT2D eigenvalue weighted by Gasteiger charge is 2.67. The van der Waals surface area contributed by atoms with Gasteiger partial charge >= 0.3 is 0 Å². The summed E-state index contributed by atoms with van der Waals surface area (Å²) in [6.45, 7) is 4.84. The van der Waals surface area contributed by atoms with Gasteiger partial charge in [-0.05, 0) is 98.5 Å². The molecule has 3 heteroatoms. The summed E-state index contributed by atoms with van der Waals surface area (Å²) in [5, 5.41) is 22.3. The Morgan fingerprint density at radius 1 is 1.00 bits per heavy atom. The second kappa shape index (κ2) is 5.61. The predicted molar refractivity (Wildman–Crippen MR) is 101 cm³/mol. The van der Waals surface area contributed by atoms with E-state index in [9.17, 15) is 10.2 Å². The predicted octanol–water partition coefficient (Wildman–Crippen LogP) is 4.88. The van der Waals surface area contributed by atoms with Gasteiger partial charge in [0.2, 0.25) is 0 Å². The Kier molecular flexibility index (Phi) is 3.73. The van der Waals surface area contributed by atoms with Crippen molar-refractivity contribution in [2.75, 3.05) is 0 Å². The molecule has 3 nitrogen and oxygen atoms in total. The molecule has 0 bridgehead atoms. The van der Waals surface area contributed by atoms with Gasteiger partial charge in [0.05, 0.1) is 24.2 Å². The molecule has 4 fully saturated rings. The number of aliphatic hydroxyl groups excluding tert-OH is 1. The lowest BCUT2D eigenvalue weighted by molar-refractivity contribution is -0.205. The van der Waals surface area contributed by atoms with Gasteiger partial charge < -0.3 is 14.6 Å². The molecule has 4 aliphatic carbocycles. The zero-order chi connectivity index (χ0) is 18.2. The zero-order valence-corrected chi connectivity index (χ0v) is 16.3. The van der Waals surface area contributed by atoms with Crippen molar-refractivity contribution in [3.63, 3.8) is 0 Å². The number of furan rings is 1. The summed E-state index contributed by atoms with van der Waals surface area (Å²) in [6, 6.07) is 2.11. The summed E-state index contributed by atoms with van der Waals surface area (Å²) in [5.74, 6) is 2.11. The molecule has 8 atom stereocenters. The normalized spacial score (nSPS) is 53.6. The Labute approximate surface area is 157 Å². The molecule has 5 rings (SSSR count). The van der Waals surface area contributed by atoms with E-state index in [0.717, 1.165) is 44.9 Å². The minimum atomic E-state index is -0.540. The van der Waals surface area contributed by atoms with Crippen LogP contribution in [0.4, 0.5) is 0 Å². The van der Waals surface area contributed by atoms with Crippen LogP contribution in [0.2, 0.25) is 0 Å². The fourth-order valence-corrected chi connectivity index (χ4v) is 8.21. The lowest BCUT2D eigenvalue weighted by Gasteiger charge is -2.63. The quantitative estimate of drug-likeness (QED) is 0.752. The zero-order valence-electron chi connectivity index (χ0n) is 16.3. The molecular formula is C23H34O3. The van der Waals surface area contributed by atoms with Crippen LogP contribution in [-0.2, 0) is 0 Å². The highest BCUT2D eigenvalue weighted by Crippen LogP contribution is 2.70. The van der Waals surface area contributed by atoms with Crippen LogP contribution in [-0.4, -0.2) is 21.9 Å². The molecule has 0 aromatic carbocycles. The Bertz CT molecular complexity index is 669. The minimum Gasteiger partial charge on any atom is -0.472 e. The minimum absolute atomic E-state index is 0.0323. The van der Waals surface area contributed by atoms with E-state index in [1.54, 1.807) is 6.26 Å². The summed E-state index contributed by atoms with van der Waals surface area (Å²) in [6.07, 6.45) is 13.3. The molecule has 0 spiro atoms. The van der Waals surface area contributed by atoms with Crippen LogP contribution in [0.25, 0.3) is 0 Å². The third-order valence-electron chi connectivity index (χ3n) is 9.77. The molecular weight excluding hydrogens is 324 g/mol. The Hall–Kier alpha value is -0.800. The van der Waals surface area contributed by atoms with Crippen LogP contribution in [0.15, 0.2) is 23.0 Å². The Morgan fingerprint density at radius 2 is 1.85 bits per heavy atom. The van der Waals surface area contributed by atoms with Gasteiger partial charge in [-0.1, -0.05) is 13.8 Å². The summed E-state index contributed by atoms with van der Waals surface area (Å²) < 4.78 is 5.38. The van der Waals surface area contributed by atoms with Crippen molar-refractivity contribution in [2.24, 2.45) is 28.6 Å². The lowest BCUT2D eigenvalue weighted by Crippen LogP contribution is -2.62. The van der Waals surface area contributed by atoms with Crippen molar-refractivity contribution < 1.29 is 14.6 Å². The van der Waals surface area contributed by atoms with E-state index in [0.29, 0.717) is 29.1 Å². The first-order valence-electron chi connectivity index (χ1n) is 10.8. The summed E-state index contributed by atoms with van der Waals surface area (Å²) in [4.78, 5) is 0. The van der Waals surface area contributed by atoms with E-state index in [1.165, 1.54) is 18.4 Å². The molecule has 0 radical (unpaired) electrons. The van der Waals surface area contributed by atoms with Gasteiger partial charge in [0.25, 0.3) is 0 Å². The molecule has 1 aromatic rings. The first-order valence-corrected chi connectivity index (χ1v) is 10.8. The maximum atomic E-state index is 12.1. The highest BCUT2D eigenvalue weighted by atomic mass is 16.3. The summed E-state index contributed by atoms with van der Waals surface area (Å²) >= 11 is 0. The number of aliphatic hydroxyl groups is 2. The number of rotatable bonds is 1. The molecule has 0 saturated heterocycles. The van der Waals surface area contributed by atoms with E-state index in [-0.39, 0.29) is 11.5 Å². The van der Waals surface area contributed by atoms with Crippen molar-refractivity contribution in [3.8, 4) is 0 Å². The van der Waals surface area contributed by atoms with E-state index < -0.39 is 5.60 Å². The van der Waals surface area contributed by atoms with Crippen molar-refractivity contribution in [1.82, 2.24) is 0 Å². The first kappa shape index (κ1) is 17.3. The molecule has 8 unspecified atom stereocenters. The van der Waals surface area contributed by atoms with Gasteiger partial charge in [0.1, 0.15) is 0 Å². The van der Waals surface area contributed by atoms with Gasteiger partial charge in [-0.2, -0.15) is 0 Å². The van der Waals surface area contributed by atoms with Crippen LogP contribution in [0.1, 0.15) is 83.1 Å². The van der Waals surface area contributed by atoms with E-state index in [1.807, 2.05) is 6.26 Å². The highest BCUT2D eigenvalue weighted by molar-refractivity contribution is 5.26. The molecule has 4 saturated carbocycles. The molecule has 4 aliphatic rings. The monoisotopic (exact) mass is 358 g/mol. The van der Waals surface area contributed by atoms with Crippen LogP contribution in [0, 0.1) is 28.6 Å². The van der Waals surface area contributed by atoms with Gasteiger partial charge in [-0.15, -0.1) is 0 Å². The second-order valence-corrected chi connectivity index (χ2v) is 10.4. The topological polar surface area (TPSA) is 53.6 Å². The van der Waals surface area contributed by atoms with Crippen LogP contribution >= 0.6 is 0 Å². The number of fused-ring (bicyclic) bond motifs is 5.